The predicted octanol–water partition coefficient (Wildman–Crippen LogP) is 1.82. The first kappa shape index (κ1) is 14.8. The van der Waals surface area contributed by atoms with Gasteiger partial charge in [-0.05, 0) is 13.0 Å². The van der Waals surface area contributed by atoms with Gasteiger partial charge in [0, 0.05) is 24.7 Å². The maximum atomic E-state index is 12.3. The summed E-state index contributed by atoms with van der Waals surface area (Å²) in [6.45, 7) is 2.24. The van der Waals surface area contributed by atoms with Crippen LogP contribution in [0.25, 0.3) is 0 Å². The topological polar surface area (TPSA) is 127 Å². The van der Waals surface area contributed by atoms with Gasteiger partial charge in [-0.25, -0.2) is 8.42 Å². The zero-order valence-corrected chi connectivity index (χ0v) is 11.8. The molecule has 0 saturated heterocycles. The van der Waals surface area contributed by atoms with Crippen LogP contribution in [0, 0.1) is 10.1 Å². The number of aromatic nitrogens is 1. The second kappa shape index (κ2) is 5.79. The highest BCUT2D eigenvalue weighted by molar-refractivity contribution is 7.92. The second-order valence-corrected chi connectivity index (χ2v) is 5.61. The fourth-order valence-corrected chi connectivity index (χ4v) is 2.84. The maximum Gasteiger partial charge on any atom is 0.270 e. The van der Waals surface area contributed by atoms with Gasteiger partial charge < -0.3 is 9.84 Å². The summed E-state index contributed by atoms with van der Waals surface area (Å²) >= 11 is 0. The number of hydrogen-bond acceptors (Lipinski definition) is 7. The molecule has 2 N–H and O–H groups in total. The Bertz CT molecular complexity index is 742. The van der Waals surface area contributed by atoms with E-state index in [9.17, 15) is 18.5 Å². The molecule has 0 aliphatic carbocycles. The molecule has 1 heterocycles. The molecule has 2 aromatic rings. The highest BCUT2D eigenvalue weighted by atomic mass is 32.2. The molecule has 0 unspecified atom stereocenters. The number of nitrogens with zero attached hydrogens (tertiary/aromatic N) is 2. The van der Waals surface area contributed by atoms with E-state index in [0.717, 1.165) is 6.07 Å². The van der Waals surface area contributed by atoms with Crippen molar-refractivity contribution in [1.29, 1.82) is 0 Å². The van der Waals surface area contributed by atoms with E-state index in [4.69, 9.17) is 0 Å². The van der Waals surface area contributed by atoms with Crippen molar-refractivity contribution >= 4 is 27.2 Å². The van der Waals surface area contributed by atoms with Gasteiger partial charge in [0.15, 0.2) is 5.82 Å². The SMILES string of the molecule is CCNc1ccc([N+](=O)[O-])cc1S(=O)(=O)Nc1ccon1. The number of rotatable bonds is 6. The van der Waals surface area contributed by atoms with Crippen LogP contribution in [0.1, 0.15) is 6.92 Å². The summed E-state index contributed by atoms with van der Waals surface area (Å²) in [4.78, 5) is 9.91. The monoisotopic (exact) mass is 312 g/mol. The molecule has 0 bridgehead atoms. The first-order chi connectivity index (χ1) is 9.94. The highest BCUT2D eigenvalue weighted by Crippen LogP contribution is 2.27. The largest absolute Gasteiger partial charge is 0.384 e. The molecule has 10 heteroatoms. The summed E-state index contributed by atoms with van der Waals surface area (Å²) in [5.74, 6) is -0.0102. The van der Waals surface area contributed by atoms with Crippen LogP contribution in [-0.2, 0) is 10.0 Å². The fraction of sp³-hybridized carbons (Fsp3) is 0.182. The Balaban J connectivity index is 2.48. The van der Waals surface area contributed by atoms with Crippen LogP contribution in [0.15, 0.2) is 39.9 Å². The molecule has 0 atom stereocenters. The fourth-order valence-electron chi connectivity index (χ4n) is 1.64. The standard InChI is InChI=1S/C11H12N4O5S/c1-2-12-9-4-3-8(15(16)17)7-10(9)21(18,19)14-11-5-6-20-13-11/h3-7,12H,2H2,1H3,(H,13,14). The number of nitro benzene ring substituents is 1. The van der Waals surface area contributed by atoms with Crippen molar-refractivity contribution < 1.29 is 17.9 Å². The van der Waals surface area contributed by atoms with E-state index < -0.39 is 14.9 Å². The Hall–Kier alpha value is -2.62. The van der Waals surface area contributed by atoms with Crippen molar-refractivity contribution in [3.8, 4) is 0 Å². The first-order valence-electron chi connectivity index (χ1n) is 5.89. The normalized spacial score (nSPS) is 11.1. The van der Waals surface area contributed by atoms with Crippen LogP contribution >= 0.6 is 0 Å². The van der Waals surface area contributed by atoms with E-state index in [0.29, 0.717) is 6.54 Å². The molecule has 0 spiro atoms. The Labute approximate surface area is 120 Å². The van der Waals surface area contributed by atoms with Crippen molar-refractivity contribution in [3.63, 3.8) is 0 Å². The Kier molecular flexibility index (Phi) is 4.08. The van der Waals surface area contributed by atoms with E-state index in [2.05, 4.69) is 19.7 Å². The van der Waals surface area contributed by atoms with Crippen molar-refractivity contribution in [2.45, 2.75) is 11.8 Å². The van der Waals surface area contributed by atoms with Crippen molar-refractivity contribution in [2.24, 2.45) is 0 Å². The molecule has 2 rings (SSSR count). The number of sulfonamides is 1. The molecular formula is C11H12N4O5S. The van der Waals surface area contributed by atoms with Crippen LogP contribution < -0.4 is 10.0 Å². The Morgan fingerprint density at radius 1 is 1.38 bits per heavy atom. The minimum Gasteiger partial charge on any atom is -0.384 e. The molecule has 112 valence electrons. The van der Waals surface area contributed by atoms with Gasteiger partial charge in [-0.2, -0.15) is 0 Å². The average Bonchev–Trinajstić information content (AvgIpc) is 2.91. The number of nitrogens with one attached hydrogen (secondary N) is 2. The van der Waals surface area contributed by atoms with Crippen LogP contribution in [0.3, 0.4) is 0 Å². The van der Waals surface area contributed by atoms with E-state index >= 15 is 0 Å². The third-order valence-electron chi connectivity index (χ3n) is 2.51. The zero-order chi connectivity index (χ0) is 15.5. The number of nitro groups is 1. The minimum absolute atomic E-state index is 0.0102. The van der Waals surface area contributed by atoms with Crippen molar-refractivity contribution in [1.82, 2.24) is 5.16 Å². The summed E-state index contributed by atoms with van der Waals surface area (Å²) < 4.78 is 31.3. The van der Waals surface area contributed by atoms with E-state index in [1.165, 1.54) is 24.5 Å². The van der Waals surface area contributed by atoms with Crippen LogP contribution in [-0.4, -0.2) is 25.0 Å². The highest BCUT2D eigenvalue weighted by Gasteiger charge is 2.23. The average molecular weight is 312 g/mol. The molecule has 0 radical (unpaired) electrons. The molecule has 0 fully saturated rings. The smallest absolute Gasteiger partial charge is 0.270 e. The van der Waals surface area contributed by atoms with Gasteiger partial charge in [-0.1, -0.05) is 5.16 Å². The molecule has 1 aromatic carbocycles. The van der Waals surface area contributed by atoms with Gasteiger partial charge in [0.25, 0.3) is 15.7 Å². The Morgan fingerprint density at radius 2 is 2.14 bits per heavy atom. The van der Waals surface area contributed by atoms with Gasteiger partial charge in [0.2, 0.25) is 0 Å². The van der Waals surface area contributed by atoms with Gasteiger partial charge >= 0.3 is 0 Å². The molecule has 0 aliphatic rings. The number of anilines is 2. The maximum absolute atomic E-state index is 12.3. The first-order valence-corrected chi connectivity index (χ1v) is 7.38. The van der Waals surface area contributed by atoms with E-state index in [-0.39, 0.29) is 22.1 Å². The number of hydrogen-bond donors (Lipinski definition) is 2. The lowest BCUT2D eigenvalue weighted by Crippen LogP contribution is -2.16. The van der Waals surface area contributed by atoms with Crippen LogP contribution in [0.5, 0.6) is 0 Å². The molecule has 0 amide bonds. The predicted molar refractivity (Wildman–Crippen MR) is 74.6 cm³/mol. The van der Waals surface area contributed by atoms with Gasteiger partial charge in [-0.3, -0.25) is 14.8 Å². The van der Waals surface area contributed by atoms with Gasteiger partial charge in [0.05, 0.1) is 10.6 Å². The third kappa shape index (κ3) is 3.28. The van der Waals surface area contributed by atoms with Gasteiger partial charge in [0.1, 0.15) is 11.2 Å². The Morgan fingerprint density at radius 3 is 2.71 bits per heavy atom. The molecular weight excluding hydrogens is 300 g/mol. The summed E-state index contributed by atoms with van der Waals surface area (Å²) in [6, 6.07) is 4.88. The lowest BCUT2D eigenvalue weighted by molar-refractivity contribution is -0.385. The van der Waals surface area contributed by atoms with Gasteiger partial charge in [-0.15, -0.1) is 0 Å². The lowest BCUT2D eigenvalue weighted by Gasteiger charge is -2.11. The second-order valence-electron chi connectivity index (χ2n) is 3.96. The molecule has 1 aromatic heterocycles. The molecule has 9 nitrogen and oxygen atoms in total. The van der Waals surface area contributed by atoms with E-state index in [1.807, 2.05) is 0 Å². The number of benzene rings is 1. The third-order valence-corrected chi connectivity index (χ3v) is 3.90. The summed E-state index contributed by atoms with van der Waals surface area (Å²) in [5, 5.41) is 17.1. The van der Waals surface area contributed by atoms with Crippen molar-refractivity contribution in [3.05, 3.63) is 40.6 Å². The van der Waals surface area contributed by atoms with Crippen LogP contribution in [0.4, 0.5) is 17.2 Å². The summed E-state index contributed by atoms with van der Waals surface area (Å²) in [7, 11) is -4.03. The lowest BCUT2D eigenvalue weighted by atomic mass is 10.3. The molecule has 21 heavy (non-hydrogen) atoms. The quantitative estimate of drug-likeness (QED) is 0.615. The van der Waals surface area contributed by atoms with Crippen molar-refractivity contribution in [2.75, 3.05) is 16.6 Å². The minimum atomic E-state index is -4.03. The zero-order valence-electron chi connectivity index (χ0n) is 10.9. The number of non-ortho nitro benzene ring substituents is 1. The molecule has 0 saturated carbocycles. The molecule has 0 aliphatic heterocycles. The van der Waals surface area contributed by atoms with Crippen LogP contribution in [0.2, 0.25) is 0 Å². The summed E-state index contributed by atoms with van der Waals surface area (Å²) in [5.41, 5.74) is -0.0590. The van der Waals surface area contributed by atoms with E-state index in [1.54, 1.807) is 6.92 Å². The summed E-state index contributed by atoms with van der Waals surface area (Å²) in [6.07, 6.45) is 1.20.